The third kappa shape index (κ3) is 5.13. The summed E-state index contributed by atoms with van der Waals surface area (Å²) in [6.07, 6.45) is 1.67. The lowest BCUT2D eigenvalue weighted by molar-refractivity contribution is 0.347. The highest BCUT2D eigenvalue weighted by Gasteiger charge is 2.34. The zero-order valence-corrected chi connectivity index (χ0v) is 18.1. The van der Waals surface area contributed by atoms with Crippen molar-refractivity contribution in [2.24, 2.45) is 0 Å². The number of nitrogens with zero attached hydrogens (tertiary/aromatic N) is 2. The second kappa shape index (κ2) is 9.18. The summed E-state index contributed by atoms with van der Waals surface area (Å²) >= 11 is 6.03. The van der Waals surface area contributed by atoms with Crippen LogP contribution >= 0.6 is 19.2 Å². The van der Waals surface area contributed by atoms with Crippen LogP contribution in [0.2, 0.25) is 5.02 Å². The van der Waals surface area contributed by atoms with Crippen molar-refractivity contribution in [1.82, 2.24) is 15.1 Å². The van der Waals surface area contributed by atoms with Gasteiger partial charge in [0.05, 0.1) is 11.4 Å². The van der Waals surface area contributed by atoms with E-state index in [4.69, 9.17) is 11.6 Å². The topological polar surface area (TPSA) is 87.4 Å². The molecule has 0 aliphatic rings. The summed E-state index contributed by atoms with van der Waals surface area (Å²) in [6, 6.07) is 25.9. The highest BCUT2D eigenvalue weighted by molar-refractivity contribution is 7.52. The van der Waals surface area contributed by atoms with Crippen LogP contribution < -0.4 is 5.32 Å². The Hall–Kier alpha value is -2.73. The first-order valence-corrected chi connectivity index (χ1v) is 11.7. The molecular formula is C23H21ClN3O3P. The fraction of sp³-hybridized carbons (Fsp3) is 0.0870. The maximum absolute atomic E-state index is 12.5. The minimum Gasteiger partial charge on any atom is -0.323 e. The molecule has 4 aromatic rings. The van der Waals surface area contributed by atoms with E-state index in [1.807, 2.05) is 60.7 Å². The SMILES string of the molecule is O=P(O)(O)C(NCc1ccccc1)c1cn(-c2ccccc2)nc1-c1ccc(Cl)cc1. The molecule has 0 spiro atoms. The zero-order valence-electron chi connectivity index (χ0n) is 16.5. The highest BCUT2D eigenvalue weighted by atomic mass is 35.5. The third-order valence-corrected chi connectivity index (χ3v) is 6.24. The van der Waals surface area contributed by atoms with Crippen LogP contribution in [0.4, 0.5) is 0 Å². The second-order valence-electron chi connectivity index (χ2n) is 7.08. The van der Waals surface area contributed by atoms with Gasteiger partial charge in [0.1, 0.15) is 5.78 Å². The van der Waals surface area contributed by atoms with Gasteiger partial charge in [-0.25, -0.2) is 4.68 Å². The van der Waals surface area contributed by atoms with E-state index in [0.29, 0.717) is 28.4 Å². The van der Waals surface area contributed by atoms with Gasteiger partial charge in [-0.15, -0.1) is 0 Å². The Labute approximate surface area is 185 Å². The Morgan fingerprint density at radius 2 is 1.55 bits per heavy atom. The van der Waals surface area contributed by atoms with Gasteiger partial charge in [0, 0.05) is 28.9 Å². The van der Waals surface area contributed by atoms with Crippen LogP contribution in [-0.2, 0) is 11.1 Å². The Balaban J connectivity index is 1.79. The van der Waals surface area contributed by atoms with Crippen LogP contribution in [0, 0.1) is 0 Å². The number of rotatable bonds is 7. The van der Waals surface area contributed by atoms with Crippen molar-refractivity contribution in [3.63, 3.8) is 0 Å². The number of hydrogen-bond donors (Lipinski definition) is 3. The van der Waals surface area contributed by atoms with Gasteiger partial charge in [0.2, 0.25) is 0 Å². The van der Waals surface area contributed by atoms with Crippen LogP contribution in [0.15, 0.2) is 91.1 Å². The summed E-state index contributed by atoms with van der Waals surface area (Å²) < 4.78 is 14.1. The lowest BCUT2D eigenvalue weighted by Crippen LogP contribution is -2.21. The lowest BCUT2D eigenvalue weighted by Gasteiger charge is -2.20. The smallest absolute Gasteiger partial charge is 0.323 e. The first-order chi connectivity index (χ1) is 14.9. The maximum atomic E-state index is 12.5. The quantitative estimate of drug-likeness (QED) is 0.336. The largest absolute Gasteiger partial charge is 0.346 e. The van der Waals surface area contributed by atoms with Gasteiger partial charge < -0.3 is 9.79 Å². The van der Waals surface area contributed by atoms with Crippen molar-refractivity contribution < 1.29 is 14.4 Å². The summed E-state index contributed by atoms with van der Waals surface area (Å²) in [5.41, 5.74) is 3.32. The molecule has 0 saturated heterocycles. The van der Waals surface area contributed by atoms with Crippen molar-refractivity contribution in [3.05, 3.63) is 107 Å². The Kier molecular flexibility index (Phi) is 6.37. The van der Waals surface area contributed by atoms with Crippen LogP contribution in [0.1, 0.15) is 16.9 Å². The van der Waals surface area contributed by atoms with Gasteiger partial charge in [0.25, 0.3) is 0 Å². The molecule has 1 heterocycles. The molecule has 0 amide bonds. The van der Waals surface area contributed by atoms with Crippen molar-refractivity contribution in [2.45, 2.75) is 12.3 Å². The van der Waals surface area contributed by atoms with Crippen molar-refractivity contribution in [2.75, 3.05) is 0 Å². The van der Waals surface area contributed by atoms with Crippen molar-refractivity contribution in [3.8, 4) is 16.9 Å². The van der Waals surface area contributed by atoms with Gasteiger partial charge in [-0.1, -0.05) is 72.3 Å². The predicted octanol–water partition coefficient (Wildman–Crippen LogP) is 5.16. The van der Waals surface area contributed by atoms with Crippen LogP contribution in [-0.4, -0.2) is 19.6 Å². The first-order valence-electron chi connectivity index (χ1n) is 9.65. The number of hydrogen-bond acceptors (Lipinski definition) is 3. The number of aromatic nitrogens is 2. The molecule has 1 atom stereocenters. The van der Waals surface area contributed by atoms with Gasteiger partial charge in [-0.3, -0.25) is 9.88 Å². The maximum Gasteiger partial charge on any atom is 0.346 e. The molecule has 0 radical (unpaired) electrons. The Morgan fingerprint density at radius 1 is 0.935 bits per heavy atom. The minimum atomic E-state index is -4.56. The Morgan fingerprint density at radius 3 is 2.16 bits per heavy atom. The van der Waals surface area contributed by atoms with Gasteiger partial charge in [-0.2, -0.15) is 5.10 Å². The van der Waals surface area contributed by atoms with E-state index in [-0.39, 0.29) is 0 Å². The molecule has 31 heavy (non-hydrogen) atoms. The summed E-state index contributed by atoms with van der Waals surface area (Å²) in [5, 5.41) is 8.27. The summed E-state index contributed by atoms with van der Waals surface area (Å²) in [6.45, 7) is 0.299. The average Bonchev–Trinajstić information content (AvgIpc) is 3.20. The number of nitrogens with one attached hydrogen (secondary N) is 1. The number of halogens is 1. The lowest BCUT2D eigenvalue weighted by atomic mass is 10.1. The van der Waals surface area contributed by atoms with Crippen molar-refractivity contribution >= 4 is 19.2 Å². The van der Waals surface area contributed by atoms with E-state index in [1.165, 1.54) is 0 Å². The molecule has 0 aliphatic heterocycles. The van der Waals surface area contributed by atoms with E-state index in [0.717, 1.165) is 11.3 Å². The van der Waals surface area contributed by atoms with E-state index in [1.54, 1.807) is 35.1 Å². The zero-order chi connectivity index (χ0) is 21.8. The van der Waals surface area contributed by atoms with Gasteiger partial charge in [0.15, 0.2) is 0 Å². The van der Waals surface area contributed by atoms with Gasteiger partial charge >= 0.3 is 7.60 Å². The first kappa shape index (κ1) is 21.5. The number of para-hydroxylation sites is 1. The van der Waals surface area contributed by atoms with E-state index >= 15 is 0 Å². The molecular weight excluding hydrogens is 433 g/mol. The van der Waals surface area contributed by atoms with Crippen LogP contribution in [0.25, 0.3) is 16.9 Å². The predicted molar refractivity (Wildman–Crippen MR) is 122 cm³/mol. The summed E-state index contributed by atoms with van der Waals surface area (Å²) in [4.78, 5) is 20.4. The molecule has 0 bridgehead atoms. The minimum absolute atomic E-state index is 0.299. The molecule has 1 unspecified atom stereocenters. The molecule has 158 valence electrons. The Bertz CT molecular complexity index is 1190. The van der Waals surface area contributed by atoms with E-state index < -0.39 is 13.4 Å². The normalized spacial score (nSPS) is 12.6. The molecule has 0 aliphatic carbocycles. The molecule has 3 N–H and O–H groups in total. The summed E-state index contributed by atoms with van der Waals surface area (Å²) in [5.74, 6) is -1.23. The fourth-order valence-corrected chi connectivity index (χ4v) is 4.36. The molecule has 3 aromatic carbocycles. The number of benzene rings is 3. The third-order valence-electron chi connectivity index (χ3n) is 4.85. The van der Waals surface area contributed by atoms with Gasteiger partial charge in [-0.05, 0) is 29.8 Å². The summed E-state index contributed by atoms with van der Waals surface area (Å²) in [7, 11) is -4.56. The fourth-order valence-electron chi connectivity index (χ4n) is 3.35. The molecule has 8 heteroatoms. The van der Waals surface area contributed by atoms with Crippen molar-refractivity contribution in [1.29, 1.82) is 0 Å². The molecule has 6 nitrogen and oxygen atoms in total. The average molecular weight is 454 g/mol. The standard InChI is InChI=1S/C23H21ClN3O3P/c24-19-13-11-18(12-14-19)22-21(16-27(26-22)20-9-5-2-6-10-20)23(31(28,29)30)25-15-17-7-3-1-4-8-17/h1-14,16,23,25H,15H2,(H2,28,29,30). The molecule has 4 rings (SSSR count). The highest BCUT2D eigenvalue weighted by Crippen LogP contribution is 2.52. The monoisotopic (exact) mass is 453 g/mol. The second-order valence-corrected chi connectivity index (χ2v) is 9.21. The van der Waals surface area contributed by atoms with E-state index in [9.17, 15) is 14.4 Å². The van der Waals surface area contributed by atoms with Crippen LogP contribution in [0.5, 0.6) is 0 Å². The van der Waals surface area contributed by atoms with Crippen LogP contribution in [0.3, 0.4) is 0 Å². The molecule has 1 aromatic heterocycles. The van der Waals surface area contributed by atoms with E-state index in [2.05, 4.69) is 10.4 Å². The molecule has 0 fully saturated rings. The molecule has 0 saturated carbocycles.